The lowest BCUT2D eigenvalue weighted by Gasteiger charge is -2.36. The summed E-state index contributed by atoms with van der Waals surface area (Å²) in [6.07, 6.45) is 0. The molecule has 1 aromatic rings. The molecule has 2 rings (SSSR count). The molecule has 0 radical (unpaired) electrons. The second-order valence-electron chi connectivity index (χ2n) is 4.76. The molecule has 0 amide bonds. The van der Waals surface area contributed by atoms with Crippen molar-refractivity contribution in [2.45, 2.75) is 25.7 Å². The number of hydrogen-bond donors (Lipinski definition) is 0. The highest BCUT2D eigenvalue weighted by atomic mass is 35.5. The van der Waals surface area contributed by atoms with Gasteiger partial charge in [-0.25, -0.2) is 8.78 Å². The van der Waals surface area contributed by atoms with E-state index in [2.05, 4.69) is 0 Å². The van der Waals surface area contributed by atoms with Crippen molar-refractivity contribution in [3.63, 3.8) is 0 Å². The van der Waals surface area contributed by atoms with Crippen LogP contribution in [0.3, 0.4) is 0 Å². The number of rotatable bonds is 2. The molecule has 2 nitrogen and oxygen atoms in total. The van der Waals surface area contributed by atoms with Gasteiger partial charge in [0.15, 0.2) is 6.61 Å². The van der Waals surface area contributed by atoms with Gasteiger partial charge in [-0.3, -0.25) is 0 Å². The van der Waals surface area contributed by atoms with Crippen LogP contribution in [0.1, 0.15) is 25.3 Å². The third-order valence-electron chi connectivity index (χ3n) is 3.16. The molecule has 1 aliphatic rings. The van der Waals surface area contributed by atoms with Crippen LogP contribution in [0, 0.1) is 5.92 Å². The first-order chi connectivity index (χ1) is 8.38. The van der Waals surface area contributed by atoms with E-state index in [9.17, 15) is 8.78 Å². The van der Waals surface area contributed by atoms with Gasteiger partial charge in [0, 0.05) is 5.56 Å². The fourth-order valence-corrected chi connectivity index (χ4v) is 2.72. The van der Waals surface area contributed by atoms with Crippen LogP contribution in [0.2, 0.25) is 5.02 Å². The van der Waals surface area contributed by atoms with Crippen LogP contribution in [0.25, 0.3) is 0 Å². The maximum atomic E-state index is 14.0. The Labute approximate surface area is 110 Å². The summed E-state index contributed by atoms with van der Waals surface area (Å²) in [5.41, 5.74) is 0.372. The first-order valence-corrected chi connectivity index (χ1v) is 6.13. The molecule has 100 valence electrons. The van der Waals surface area contributed by atoms with Crippen LogP contribution in [0.15, 0.2) is 12.1 Å². The van der Waals surface area contributed by atoms with Crippen molar-refractivity contribution >= 4 is 11.6 Å². The number of halogens is 3. The Morgan fingerprint density at radius 1 is 1.44 bits per heavy atom. The van der Waals surface area contributed by atoms with Crippen LogP contribution >= 0.6 is 11.6 Å². The number of hydrogen-bond acceptors (Lipinski definition) is 2. The summed E-state index contributed by atoms with van der Waals surface area (Å²) in [7, 11) is 1.42. The Morgan fingerprint density at radius 3 is 2.67 bits per heavy atom. The summed E-state index contributed by atoms with van der Waals surface area (Å²) in [4.78, 5) is 0. The van der Waals surface area contributed by atoms with E-state index < -0.39 is 18.4 Å². The molecular formula is C13H15ClF2O2. The second kappa shape index (κ2) is 4.57. The average Bonchev–Trinajstić information content (AvgIpc) is 2.27. The predicted octanol–water partition coefficient (Wildman–Crippen LogP) is 4.12. The topological polar surface area (TPSA) is 18.5 Å². The van der Waals surface area contributed by atoms with E-state index in [1.807, 2.05) is 0 Å². The van der Waals surface area contributed by atoms with Gasteiger partial charge < -0.3 is 9.47 Å². The van der Waals surface area contributed by atoms with E-state index >= 15 is 0 Å². The fraction of sp³-hybridized carbons (Fsp3) is 0.538. The number of methoxy groups -OCH3 is 1. The highest BCUT2D eigenvalue weighted by Gasteiger charge is 2.49. The molecule has 0 fully saturated rings. The van der Waals surface area contributed by atoms with Crippen LogP contribution < -0.4 is 9.47 Å². The standard InChI is InChI=1S/C13H15ClF2O2/c1-7(2)11-10-9(18-6-13(11,15)16)5-4-8(14)12(10)17-3/h4-5,7,11H,6H2,1-3H3. The SMILES string of the molecule is COc1c(Cl)ccc2c1C(C(C)C)C(F)(F)CO2. The monoisotopic (exact) mass is 276 g/mol. The summed E-state index contributed by atoms with van der Waals surface area (Å²) in [6, 6.07) is 3.21. The van der Waals surface area contributed by atoms with Crippen molar-refractivity contribution in [3.05, 3.63) is 22.7 Å². The van der Waals surface area contributed by atoms with Gasteiger partial charge in [0.2, 0.25) is 0 Å². The molecule has 1 unspecified atom stereocenters. The molecule has 1 aliphatic heterocycles. The molecule has 0 saturated carbocycles. The Kier molecular flexibility index (Phi) is 3.41. The van der Waals surface area contributed by atoms with Crippen molar-refractivity contribution in [1.29, 1.82) is 0 Å². The Hall–Kier alpha value is -1.03. The first kappa shape index (κ1) is 13.4. The zero-order valence-electron chi connectivity index (χ0n) is 10.5. The van der Waals surface area contributed by atoms with Crippen LogP contribution in [-0.4, -0.2) is 19.6 Å². The van der Waals surface area contributed by atoms with Gasteiger partial charge in [0.25, 0.3) is 5.92 Å². The zero-order valence-corrected chi connectivity index (χ0v) is 11.2. The van der Waals surface area contributed by atoms with Crippen LogP contribution in [0.5, 0.6) is 11.5 Å². The largest absolute Gasteiger partial charge is 0.495 e. The number of benzene rings is 1. The molecule has 5 heteroatoms. The Bertz CT molecular complexity index is 461. The van der Waals surface area contributed by atoms with E-state index in [1.54, 1.807) is 26.0 Å². The second-order valence-corrected chi connectivity index (χ2v) is 5.17. The van der Waals surface area contributed by atoms with E-state index in [4.69, 9.17) is 21.1 Å². The number of fused-ring (bicyclic) bond motifs is 1. The molecule has 0 bridgehead atoms. The normalized spacial score (nSPS) is 21.4. The highest BCUT2D eigenvalue weighted by molar-refractivity contribution is 6.32. The van der Waals surface area contributed by atoms with Gasteiger partial charge in [-0.15, -0.1) is 0 Å². The maximum Gasteiger partial charge on any atom is 0.288 e. The summed E-state index contributed by atoms with van der Waals surface area (Å²) in [6.45, 7) is 2.91. The molecule has 1 aromatic carbocycles. The molecule has 0 aliphatic carbocycles. The van der Waals surface area contributed by atoms with E-state index in [0.29, 0.717) is 16.3 Å². The number of alkyl halides is 2. The molecule has 0 N–H and O–H groups in total. The van der Waals surface area contributed by atoms with Gasteiger partial charge in [-0.1, -0.05) is 25.4 Å². The molecule has 0 spiro atoms. The first-order valence-electron chi connectivity index (χ1n) is 5.75. The van der Waals surface area contributed by atoms with Crippen molar-refractivity contribution in [3.8, 4) is 11.5 Å². The average molecular weight is 277 g/mol. The van der Waals surface area contributed by atoms with E-state index in [0.717, 1.165) is 0 Å². The third kappa shape index (κ3) is 2.03. The van der Waals surface area contributed by atoms with E-state index in [1.165, 1.54) is 7.11 Å². The minimum Gasteiger partial charge on any atom is -0.495 e. The van der Waals surface area contributed by atoms with Gasteiger partial charge in [0.1, 0.15) is 11.5 Å². The van der Waals surface area contributed by atoms with Crippen molar-refractivity contribution in [1.82, 2.24) is 0 Å². The molecule has 0 saturated heterocycles. The summed E-state index contributed by atoms with van der Waals surface area (Å²) >= 11 is 6.00. The molecule has 18 heavy (non-hydrogen) atoms. The summed E-state index contributed by atoms with van der Waals surface area (Å²) < 4.78 is 38.3. The van der Waals surface area contributed by atoms with Crippen molar-refractivity contribution in [2.75, 3.05) is 13.7 Å². The minimum atomic E-state index is -2.92. The zero-order chi connectivity index (χ0) is 13.5. The van der Waals surface area contributed by atoms with Crippen molar-refractivity contribution < 1.29 is 18.3 Å². The maximum absolute atomic E-state index is 14.0. The van der Waals surface area contributed by atoms with Crippen LogP contribution in [-0.2, 0) is 0 Å². The molecule has 0 aromatic heterocycles. The highest BCUT2D eigenvalue weighted by Crippen LogP contribution is 2.52. The smallest absolute Gasteiger partial charge is 0.288 e. The van der Waals surface area contributed by atoms with Crippen LogP contribution in [0.4, 0.5) is 8.78 Å². The predicted molar refractivity (Wildman–Crippen MR) is 66.0 cm³/mol. The molecule has 1 heterocycles. The Balaban J connectivity index is 2.65. The summed E-state index contributed by atoms with van der Waals surface area (Å²) in [5, 5.41) is 0.322. The lowest BCUT2D eigenvalue weighted by atomic mass is 9.81. The van der Waals surface area contributed by atoms with Gasteiger partial charge in [-0.05, 0) is 18.1 Å². The third-order valence-corrected chi connectivity index (χ3v) is 3.46. The van der Waals surface area contributed by atoms with E-state index in [-0.39, 0.29) is 11.7 Å². The Morgan fingerprint density at radius 2 is 2.11 bits per heavy atom. The quantitative estimate of drug-likeness (QED) is 0.809. The lowest BCUT2D eigenvalue weighted by Crippen LogP contribution is -2.40. The molecule has 1 atom stereocenters. The van der Waals surface area contributed by atoms with Gasteiger partial charge in [0.05, 0.1) is 18.1 Å². The van der Waals surface area contributed by atoms with Gasteiger partial charge in [-0.2, -0.15) is 0 Å². The molecular weight excluding hydrogens is 262 g/mol. The number of ether oxygens (including phenoxy) is 2. The minimum absolute atomic E-state index is 0.241. The lowest BCUT2D eigenvalue weighted by molar-refractivity contribution is -0.0888. The fourth-order valence-electron chi connectivity index (χ4n) is 2.48. The van der Waals surface area contributed by atoms with Crippen molar-refractivity contribution in [2.24, 2.45) is 5.92 Å². The van der Waals surface area contributed by atoms with Gasteiger partial charge >= 0.3 is 0 Å². The summed E-state index contributed by atoms with van der Waals surface area (Å²) in [5.74, 6) is -3.39.